The highest BCUT2D eigenvalue weighted by Crippen LogP contribution is 2.48. The van der Waals surface area contributed by atoms with Crippen molar-refractivity contribution in [2.75, 3.05) is 20.3 Å². The third kappa shape index (κ3) is 5.37. The summed E-state index contributed by atoms with van der Waals surface area (Å²) in [4.78, 5) is 34.7. The number of hydrogen-bond donors (Lipinski definition) is 3. The second kappa shape index (κ2) is 11.7. The number of rotatable bonds is 9. The van der Waals surface area contributed by atoms with Gasteiger partial charge in [-0.2, -0.15) is 9.49 Å². The quantitative estimate of drug-likeness (QED) is 0.112. The van der Waals surface area contributed by atoms with Crippen molar-refractivity contribution in [1.82, 2.24) is 25.1 Å². The van der Waals surface area contributed by atoms with E-state index in [4.69, 9.17) is 26.8 Å². The van der Waals surface area contributed by atoms with Gasteiger partial charge < -0.3 is 25.6 Å². The summed E-state index contributed by atoms with van der Waals surface area (Å²) in [5, 5.41) is 19.3. The Morgan fingerprint density at radius 2 is 1.88 bits per heavy atom. The number of carbonyl (C=O) groups excluding carboxylic acids is 2. The van der Waals surface area contributed by atoms with Crippen molar-refractivity contribution >= 4 is 34.3 Å². The van der Waals surface area contributed by atoms with Crippen molar-refractivity contribution in [1.29, 1.82) is 0 Å². The van der Waals surface area contributed by atoms with Crippen LogP contribution in [0.15, 0.2) is 54.7 Å². The molecule has 2 atom stereocenters. The largest absolute Gasteiger partial charge is 0.494 e. The molecule has 4 N–H and O–H groups in total. The van der Waals surface area contributed by atoms with Crippen molar-refractivity contribution < 1.29 is 41.7 Å². The van der Waals surface area contributed by atoms with E-state index in [1.807, 2.05) is 0 Å². The Hall–Kier alpha value is -5.28. The molecule has 2 aliphatic rings. The number of nitrogens with one attached hydrogen (secondary N) is 1. The first-order valence-electron chi connectivity index (χ1n) is 15.2. The predicted molar refractivity (Wildman–Crippen MR) is 171 cm³/mol. The molecule has 0 bridgehead atoms. The molecule has 258 valence electrons. The number of aromatic nitrogens is 4. The minimum absolute atomic E-state index is 0.0486. The summed E-state index contributed by atoms with van der Waals surface area (Å²) >= 11 is 6.00. The van der Waals surface area contributed by atoms with Gasteiger partial charge >= 0.3 is 0 Å². The van der Waals surface area contributed by atoms with Gasteiger partial charge in [0.25, 0.3) is 5.91 Å². The summed E-state index contributed by atoms with van der Waals surface area (Å²) in [6, 6.07) is 9.19. The number of ether oxygens (including phenoxy) is 2. The molecule has 0 radical (unpaired) electrons. The summed E-state index contributed by atoms with van der Waals surface area (Å²) in [5.74, 6) is -6.20. The fourth-order valence-electron chi connectivity index (χ4n) is 5.87. The lowest BCUT2D eigenvalue weighted by atomic mass is 9.81. The molecule has 3 aromatic heterocycles. The lowest BCUT2D eigenvalue weighted by molar-refractivity contribution is -0.123. The highest BCUT2D eigenvalue weighted by atomic mass is 35.5. The van der Waals surface area contributed by atoms with Gasteiger partial charge in [0.1, 0.15) is 46.4 Å². The summed E-state index contributed by atoms with van der Waals surface area (Å²) < 4.78 is 71.2. The number of hydrogen-bond acceptors (Lipinski definition) is 8. The number of benzene rings is 2. The van der Waals surface area contributed by atoms with Crippen LogP contribution in [0.1, 0.15) is 47.1 Å². The van der Waals surface area contributed by atoms with E-state index in [0.717, 1.165) is 12.1 Å². The third-order valence-corrected chi connectivity index (χ3v) is 9.37. The summed E-state index contributed by atoms with van der Waals surface area (Å²) in [5.41, 5.74) is 0.978. The SMILES string of the molecule is COc1cc(C(=O)NC[C@@](O)(c2cccc(F)n2)c2cc3c(c(-c4cc(Cl)c(F)cc4F)n2)OC[C@]3(C)C(N)=O)cc2cn(C3(F)CC3)nc12. The summed E-state index contributed by atoms with van der Waals surface area (Å²) in [6.07, 6.45) is 2.06. The van der Waals surface area contributed by atoms with Gasteiger partial charge in [0.2, 0.25) is 17.6 Å². The van der Waals surface area contributed by atoms with Crippen LogP contribution < -0.4 is 20.5 Å². The molecule has 0 unspecified atom stereocenters. The number of methoxy groups -OCH3 is 1. The first-order chi connectivity index (χ1) is 23.7. The number of alkyl halides is 1. The average molecular weight is 711 g/mol. The maximum Gasteiger partial charge on any atom is 0.251 e. The molecule has 0 saturated heterocycles. The second-order valence-electron chi connectivity index (χ2n) is 12.5. The minimum atomic E-state index is -2.45. The number of carbonyl (C=O) groups is 2. The fraction of sp³-hybridized carbons (Fsp3) is 0.265. The predicted octanol–water partition coefficient (Wildman–Crippen LogP) is 4.79. The molecule has 1 aliphatic heterocycles. The van der Waals surface area contributed by atoms with Gasteiger partial charge in [-0.15, -0.1) is 0 Å². The average Bonchev–Trinajstić information content (AvgIpc) is 3.52. The lowest BCUT2D eigenvalue weighted by Gasteiger charge is -2.29. The van der Waals surface area contributed by atoms with E-state index in [-0.39, 0.29) is 51.9 Å². The fourth-order valence-corrected chi connectivity index (χ4v) is 6.04. The molecule has 0 spiro atoms. The van der Waals surface area contributed by atoms with E-state index >= 15 is 4.39 Å². The highest BCUT2D eigenvalue weighted by molar-refractivity contribution is 6.31. The Balaban J connectivity index is 1.35. The molecular weight excluding hydrogens is 684 g/mol. The zero-order valence-electron chi connectivity index (χ0n) is 26.4. The topological polar surface area (TPSA) is 154 Å². The Kier molecular flexibility index (Phi) is 7.75. The summed E-state index contributed by atoms with van der Waals surface area (Å²) in [7, 11) is 1.37. The monoisotopic (exact) mass is 710 g/mol. The number of nitrogens with zero attached hydrogens (tertiary/aromatic N) is 4. The van der Waals surface area contributed by atoms with E-state index < -0.39 is 57.8 Å². The van der Waals surface area contributed by atoms with Gasteiger partial charge in [-0.1, -0.05) is 17.7 Å². The number of aliphatic hydroxyl groups is 1. The number of amides is 2. The van der Waals surface area contributed by atoms with Crippen LogP contribution in [0, 0.1) is 17.6 Å². The first kappa shape index (κ1) is 33.2. The van der Waals surface area contributed by atoms with Crippen LogP contribution in [0.2, 0.25) is 5.02 Å². The molecule has 2 amide bonds. The normalized spacial score (nSPS) is 18.6. The van der Waals surface area contributed by atoms with E-state index in [1.165, 1.54) is 55.2 Å². The Morgan fingerprint density at radius 1 is 1.12 bits per heavy atom. The van der Waals surface area contributed by atoms with Crippen LogP contribution in [0.3, 0.4) is 0 Å². The third-order valence-electron chi connectivity index (χ3n) is 9.08. The number of pyridine rings is 2. The zero-order valence-corrected chi connectivity index (χ0v) is 27.1. The number of halogens is 5. The van der Waals surface area contributed by atoms with Crippen molar-refractivity contribution in [2.24, 2.45) is 5.73 Å². The molecule has 5 aromatic rings. The molecule has 11 nitrogen and oxygen atoms in total. The van der Waals surface area contributed by atoms with Crippen LogP contribution in [-0.2, 0) is 21.6 Å². The lowest BCUT2D eigenvalue weighted by Crippen LogP contribution is -2.44. The maximum atomic E-state index is 15.3. The smallest absolute Gasteiger partial charge is 0.251 e. The van der Waals surface area contributed by atoms with Crippen LogP contribution >= 0.6 is 11.6 Å². The van der Waals surface area contributed by atoms with Gasteiger partial charge in [-0.3, -0.25) is 9.59 Å². The van der Waals surface area contributed by atoms with Crippen LogP contribution in [0.5, 0.6) is 11.5 Å². The van der Waals surface area contributed by atoms with Gasteiger partial charge in [0, 0.05) is 47.2 Å². The number of primary amides is 1. The van der Waals surface area contributed by atoms with E-state index in [9.17, 15) is 27.9 Å². The van der Waals surface area contributed by atoms with Gasteiger partial charge in [-0.25, -0.2) is 27.8 Å². The van der Waals surface area contributed by atoms with E-state index in [1.54, 1.807) is 0 Å². The number of fused-ring (bicyclic) bond motifs is 2. The van der Waals surface area contributed by atoms with Crippen LogP contribution in [0.4, 0.5) is 17.6 Å². The Labute approximate surface area is 286 Å². The van der Waals surface area contributed by atoms with Crippen LogP contribution in [0.25, 0.3) is 22.2 Å². The molecule has 1 aliphatic carbocycles. The van der Waals surface area contributed by atoms with Crippen molar-refractivity contribution in [2.45, 2.75) is 36.6 Å². The molecule has 4 heterocycles. The van der Waals surface area contributed by atoms with E-state index in [0.29, 0.717) is 29.8 Å². The molecule has 50 heavy (non-hydrogen) atoms. The van der Waals surface area contributed by atoms with Gasteiger partial charge in [0.15, 0.2) is 5.60 Å². The standard InChI is InChI=1S/C34H27ClF4N6O5/c1-32(31(40)47)15-50-29-19(32)11-25(43-28(29)18-10-20(35)22(37)12-21(18)36)34(48,24-4-3-5-26(38)42-24)14-41-30(46)16-8-17-13-45(33(39)6-7-33)44-27(17)23(9-16)49-2/h3-5,8-13,48H,6-7,14-15H2,1-2H3,(H2,40,47)(H,41,46)/t32-,34+/m0/s1. The maximum absolute atomic E-state index is 15.3. The molecule has 7 rings (SSSR count). The molecular formula is C34H27ClF4N6O5. The van der Waals surface area contributed by atoms with Crippen molar-refractivity contribution in [3.63, 3.8) is 0 Å². The molecule has 2 aromatic carbocycles. The molecule has 1 saturated carbocycles. The molecule has 1 fully saturated rings. The van der Waals surface area contributed by atoms with Crippen LogP contribution in [-0.4, -0.2) is 56.9 Å². The Bertz CT molecular complexity index is 2250. The van der Waals surface area contributed by atoms with Crippen molar-refractivity contribution in [3.8, 4) is 22.8 Å². The highest BCUT2D eigenvalue weighted by Gasteiger charge is 2.48. The summed E-state index contributed by atoms with van der Waals surface area (Å²) in [6.45, 7) is 0.481. The van der Waals surface area contributed by atoms with Crippen molar-refractivity contribution in [3.05, 3.63) is 99.8 Å². The van der Waals surface area contributed by atoms with Gasteiger partial charge in [-0.05, 0) is 43.3 Å². The number of nitrogens with two attached hydrogens (primary N) is 1. The van der Waals surface area contributed by atoms with E-state index in [2.05, 4.69) is 20.4 Å². The minimum Gasteiger partial charge on any atom is -0.494 e. The van der Waals surface area contributed by atoms with Gasteiger partial charge in [0.05, 0.1) is 30.1 Å². The second-order valence-corrected chi connectivity index (χ2v) is 12.9. The first-order valence-corrected chi connectivity index (χ1v) is 15.6. The molecule has 16 heteroatoms. The zero-order chi connectivity index (χ0) is 35.7. The Morgan fingerprint density at radius 3 is 2.56 bits per heavy atom.